The molecule has 0 bridgehead atoms. The maximum atomic E-state index is 12.2. The Morgan fingerprint density at radius 2 is 2.14 bits per heavy atom. The number of amides is 1. The number of benzene rings is 1. The highest BCUT2D eigenvalue weighted by atomic mass is 16.5. The molecule has 0 spiro atoms. The second kappa shape index (κ2) is 5.63. The molecule has 1 aliphatic rings. The van der Waals surface area contributed by atoms with E-state index >= 15 is 0 Å². The van der Waals surface area contributed by atoms with Gasteiger partial charge < -0.3 is 20.3 Å². The van der Waals surface area contributed by atoms with Gasteiger partial charge in [0.05, 0.1) is 12.5 Å². The van der Waals surface area contributed by atoms with Crippen molar-refractivity contribution in [3.8, 4) is 11.5 Å². The molecular formula is C15H19NO5. The molecule has 0 saturated heterocycles. The number of carbonyl (C=O) groups is 2. The fourth-order valence-electron chi connectivity index (χ4n) is 2.73. The third-order valence-corrected chi connectivity index (χ3v) is 4.19. The van der Waals surface area contributed by atoms with E-state index in [1.54, 1.807) is 6.92 Å². The lowest BCUT2D eigenvalue weighted by Crippen LogP contribution is -2.47. The molecule has 1 aliphatic carbocycles. The second-order valence-corrected chi connectivity index (χ2v) is 5.53. The van der Waals surface area contributed by atoms with Crippen LogP contribution in [0.5, 0.6) is 11.5 Å². The number of carboxylic acid groups (broad SMARTS) is 1. The van der Waals surface area contributed by atoms with E-state index in [-0.39, 0.29) is 17.1 Å². The standard InChI is InChI=1S/C15H19NO5/c1-15(14(19)20)7-3-4-12(15)16-13(18)9-5-6-11(21-2)10(17)8-9/h5-6,8,12,17H,3-4,7H2,1-2H3,(H,16,18)(H,19,20). The topological polar surface area (TPSA) is 95.9 Å². The van der Waals surface area contributed by atoms with Crippen LogP contribution in [0.2, 0.25) is 0 Å². The predicted molar refractivity (Wildman–Crippen MR) is 75.5 cm³/mol. The summed E-state index contributed by atoms with van der Waals surface area (Å²) in [5.74, 6) is -1.14. The van der Waals surface area contributed by atoms with Crippen LogP contribution in [0, 0.1) is 5.41 Å². The van der Waals surface area contributed by atoms with Crippen LogP contribution in [0.1, 0.15) is 36.5 Å². The van der Waals surface area contributed by atoms with Crippen molar-refractivity contribution >= 4 is 11.9 Å². The zero-order valence-electron chi connectivity index (χ0n) is 12.0. The molecule has 2 unspecified atom stereocenters. The summed E-state index contributed by atoms with van der Waals surface area (Å²) in [6.07, 6.45) is 1.94. The normalized spacial score (nSPS) is 24.6. The van der Waals surface area contributed by atoms with Gasteiger partial charge in [0.2, 0.25) is 0 Å². The largest absolute Gasteiger partial charge is 0.504 e. The van der Waals surface area contributed by atoms with Gasteiger partial charge in [-0.25, -0.2) is 0 Å². The molecule has 6 heteroatoms. The van der Waals surface area contributed by atoms with Crippen molar-refractivity contribution in [2.45, 2.75) is 32.2 Å². The molecule has 1 fully saturated rings. The second-order valence-electron chi connectivity index (χ2n) is 5.53. The van der Waals surface area contributed by atoms with Gasteiger partial charge in [-0.05, 0) is 38.0 Å². The molecule has 2 atom stereocenters. The predicted octanol–water partition coefficient (Wildman–Crippen LogP) is 1.77. The number of hydrogen-bond donors (Lipinski definition) is 3. The van der Waals surface area contributed by atoms with Crippen LogP contribution in [0.4, 0.5) is 0 Å². The summed E-state index contributed by atoms with van der Waals surface area (Å²) in [7, 11) is 1.42. The number of methoxy groups -OCH3 is 1. The van der Waals surface area contributed by atoms with E-state index in [9.17, 15) is 19.8 Å². The van der Waals surface area contributed by atoms with Gasteiger partial charge >= 0.3 is 5.97 Å². The molecule has 0 radical (unpaired) electrons. The third-order valence-electron chi connectivity index (χ3n) is 4.19. The summed E-state index contributed by atoms with van der Waals surface area (Å²) in [6.45, 7) is 1.65. The van der Waals surface area contributed by atoms with Crippen LogP contribution in [0.25, 0.3) is 0 Å². The van der Waals surface area contributed by atoms with Gasteiger partial charge in [-0.15, -0.1) is 0 Å². The molecule has 1 aromatic carbocycles. The van der Waals surface area contributed by atoms with Crippen LogP contribution in [0.15, 0.2) is 18.2 Å². The maximum absolute atomic E-state index is 12.2. The summed E-state index contributed by atoms with van der Waals surface area (Å²) >= 11 is 0. The van der Waals surface area contributed by atoms with Crippen molar-refractivity contribution in [1.82, 2.24) is 5.32 Å². The molecule has 21 heavy (non-hydrogen) atoms. The Balaban J connectivity index is 2.15. The lowest BCUT2D eigenvalue weighted by atomic mass is 9.85. The summed E-state index contributed by atoms with van der Waals surface area (Å²) in [5.41, 5.74) is -0.669. The van der Waals surface area contributed by atoms with E-state index in [4.69, 9.17) is 4.74 Å². The van der Waals surface area contributed by atoms with Crippen molar-refractivity contribution in [1.29, 1.82) is 0 Å². The molecule has 114 valence electrons. The number of phenols is 1. The highest BCUT2D eigenvalue weighted by Crippen LogP contribution is 2.38. The number of phenolic OH excluding ortho intramolecular Hbond substituents is 1. The molecule has 0 heterocycles. The number of hydrogen-bond acceptors (Lipinski definition) is 4. The first-order chi connectivity index (χ1) is 9.88. The first kappa shape index (κ1) is 15.2. The zero-order chi connectivity index (χ0) is 15.6. The van der Waals surface area contributed by atoms with Crippen molar-refractivity contribution in [2.24, 2.45) is 5.41 Å². The van der Waals surface area contributed by atoms with Crippen molar-refractivity contribution in [2.75, 3.05) is 7.11 Å². The maximum Gasteiger partial charge on any atom is 0.311 e. The van der Waals surface area contributed by atoms with Gasteiger partial charge in [-0.2, -0.15) is 0 Å². The fourth-order valence-corrected chi connectivity index (χ4v) is 2.73. The van der Waals surface area contributed by atoms with Crippen molar-refractivity contribution in [3.05, 3.63) is 23.8 Å². The van der Waals surface area contributed by atoms with Gasteiger partial charge in [-0.1, -0.05) is 6.42 Å². The molecule has 0 aliphatic heterocycles. The average molecular weight is 293 g/mol. The fraction of sp³-hybridized carbons (Fsp3) is 0.467. The number of nitrogens with one attached hydrogen (secondary N) is 1. The van der Waals surface area contributed by atoms with Crippen molar-refractivity contribution in [3.63, 3.8) is 0 Å². The minimum absolute atomic E-state index is 0.127. The molecule has 2 rings (SSSR count). The van der Waals surface area contributed by atoms with Crippen LogP contribution in [-0.2, 0) is 4.79 Å². The molecule has 0 aromatic heterocycles. The molecular weight excluding hydrogens is 274 g/mol. The average Bonchev–Trinajstić information content (AvgIpc) is 2.81. The Bertz CT molecular complexity index is 571. The Hall–Kier alpha value is -2.24. The highest BCUT2D eigenvalue weighted by Gasteiger charge is 2.45. The smallest absolute Gasteiger partial charge is 0.311 e. The Kier molecular flexibility index (Phi) is 4.06. The summed E-state index contributed by atoms with van der Waals surface area (Å²) < 4.78 is 4.92. The first-order valence-corrected chi connectivity index (χ1v) is 6.80. The van der Waals surface area contributed by atoms with Gasteiger partial charge in [0.1, 0.15) is 0 Å². The number of carboxylic acids is 1. The van der Waals surface area contributed by atoms with Crippen LogP contribution in [-0.4, -0.2) is 35.2 Å². The molecule has 1 aromatic rings. The summed E-state index contributed by atoms with van der Waals surface area (Å²) in [5, 5.41) is 21.8. The van der Waals surface area contributed by atoms with E-state index in [0.29, 0.717) is 12.8 Å². The lowest BCUT2D eigenvalue weighted by Gasteiger charge is -2.27. The van der Waals surface area contributed by atoms with E-state index in [0.717, 1.165) is 6.42 Å². The highest BCUT2D eigenvalue weighted by molar-refractivity contribution is 5.95. The van der Waals surface area contributed by atoms with E-state index < -0.39 is 23.3 Å². The Labute approximate surface area is 122 Å². The number of carbonyl (C=O) groups excluding carboxylic acids is 1. The Morgan fingerprint density at radius 3 is 2.71 bits per heavy atom. The monoisotopic (exact) mass is 293 g/mol. The summed E-state index contributed by atoms with van der Waals surface area (Å²) in [4.78, 5) is 23.6. The zero-order valence-corrected chi connectivity index (χ0v) is 12.0. The van der Waals surface area contributed by atoms with Crippen molar-refractivity contribution < 1.29 is 24.5 Å². The van der Waals surface area contributed by atoms with Crippen LogP contribution >= 0.6 is 0 Å². The molecule has 1 amide bonds. The van der Waals surface area contributed by atoms with Gasteiger partial charge in [0.15, 0.2) is 11.5 Å². The van der Waals surface area contributed by atoms with Gasteiger partial charge in [0, 0.05) is 11.6 Å². The van der Waals surface area contributed by atoms with E-state index in [2.05, 4.69) is 5.32 Å². The lowest BCUT2D eigenvalue weighted by molar-refractivity contribution is -0.148. The Morgan fingerprint density at radius 1 is 1.43 bits per heavy atom. The quantitative estimate of drug-likeness (QED) is 0.786. The van der Waals surface area contributed by atoms with Crippen LogP contribution in [0.3, 0.4) is 0 Å². The van der Waals surface area contributed by atoms with E-state index in [1.165, 1.54) is 25.3 Å². The third kappa shape index (κ3) is 2.79. The minimum Gasteiger partial charge on any atom is -0.504 e. The number of ether oxygens (including phenoxy) is 1. The van der Waals surface area contributed by atoms with Gasteiger partial charge in [-0.3, -0.25) is 9.59 Å². The number of aliphatic carboxylic acids is 1. The van der Waals surface area contributed by atoms with E-state index in [1.807, 2.05) is 0 Å². The SMILES string of the molecule is COc1ccc(C(=O)NC2CCCC2(C)C(=O)O)cc1O. The number of aromatic hydroxyl groups is 1. The summed E-state index contributed by atoms with van der Waals surface area (Å²) in [6, 6.07) is 3.92. The molecule has 3 N–H and O–H groups in total. The van der Waals surface area contributed by atoms with Gasteiger partial charge in [0.25, 0.3) is 5.91 Å². The number of rotatable bonds is 4. The first-order valence-electron chi connectivity index (χ1n) is 6.80. The molecule has 1 saturated carbocycles. The minimum atomic E-state index is -0.940. The van der Waals surface area contributed by atoms with Crippen LogP contribution < -0.4 is 10.1 Å². The molecule has 6 nitrogen and oxygen atoms in total.